The second kappa shape index (κ2) is 9.53. The van der Waals surface area contributed by atoms with Crippen molar-refractivity contribution in [3.63, 3.8) is 0 Å². The number of carbonyl (C=O) groups is 1. The predicted molar refractivity (Wildman–Crippen MR) is 125 cm³/mol. The minimum atomic E-state index is -1.11. The number of benzene rings is 1. The molecule has 1 amide bonds. The van der Waals surface area contributed by atoms with Gasteiger partial charge in [0.15, 0.2) is 11.5 Å². The molecule has 11 heteroatoms. The van der Waals surface area contributed by atoms with Gasteiger partial charge in [0.2, 0.25) is 0 Å². The Labute approximate surface area is 196 Å². The highest BCUT2D eigenvalue weighted by atomic mass is 16.5. The van der Waals surface area contributed by atoms with E-state index in [2.05, 4.69) is 15.3 Å². The van der Waals surface area contributed by atoms with Gasteiger partial charge < -0.3 is 24.2 Å². The number of hydrogen-bond donors (Lipinski definition) is 2. The summed E-state index contributed by atoms with van der Waals surface area (Å²) in [6, 6.07) is 7.01. The SMILES string of the molecule is COCC(Cn1ncc2c(N3CC4CCC(C3)O4)nc(-c3ccc(NC(=O)O)cc3)nc21)OC. The number of nitrogens with zero attached hydrogens (tertiary/aromatic N) is 5. The summed E-state index contributed by atoms with van der Waals surface area (Å²) in [4.78, 5) is 23.0. The Hall–Kier alpha value is -3.28. The lowest BCUT2D eigenvalue weighted by atomic mass is 10.2. The summed E-state index contributed by atoms with van der Waals surface area (Å²) in [5.74, 6) is 1.38. The van der Waals surface area contributed by atoms with E-state index in [0.717, 1.165) is 42.7 Å². The van der Waals surface area contributed by atoms with Crippen LogP contribution in [0.4, 0.5) is 16.3 Å². The zero-order valence-corrected chi connectivity index (χ0v) is 19.2. The van der Waals surface area contributed by atoms with Crippen molar-refractivity contribution in [1.29, 1.82) is 0 Å². The van der Waals surface area contributed by atoms with Crippen LogP contribution in [0, 0.1) is 0 Å². The Morgan fingerprint density at radius 1 is 1.21 bits per heavy atom. The van der Waals surface area contributed by atoms with E-state index >= 15 is 0 Å². The molecular formula is C23H28N6O5. The maximum Gasteiger partial charge on any atom is 0.409 e. The molecular weight excluding hydrogens is 440 g/mol. The number of aromatic nitrogens is 4. The van der Waals surface area contributed by atoms with Crippen LogP contribution in [-0.2, 0) is 20.8 Å². The van der Waals surface area contributed by atoms with E-state index in [0.29, 0.717) is 30.3 Å². The molecule has 2 aliphatic rings. The van der Waals surface area contributed by atoms with Gasteiger partial charge in [0.1, 0.15) is 11.9 Å². The molecule has 3 atom stereocenters. The van der Waals surface area contributed by atoms with E-state index in [4.69, 9.17) is 29.3 Å². The van der Waals surface area contributed by atoms with Crippen LogP contribution >= 0.6 is 0 Å². The molecule has 2 saturated heterocycles. The zero-order chi connectivity index (χ0) is 23.7. The molecule has 0 saturated carbocycles. The standard InChI is InChI=1S/C23H28N6O5/c1-32-13-18(33-2)12-29-22-19(9-24-29)21(28-10-16-7-8-17(11-28)34-16)26-20(27-22)14-3-5-15(6-4-14)25-23(30)31/h3-6,9,16-18,25H,7-8,10-13H2,1-2H3,(H,30,31). The van der Waals surface area contributed by atoms with Crippen LogP contribution in [-0.4, -0.2) is 83.2 Å². The number of methoxy groups -OCH3 is 2. The fraction of sp³-hybridized carbons (Fsp3) is 0.478. The van der Waals surface area contributed by atoms with Crippen LogP contribution in [0.5, 0.6) is 0 Å². The van der Waals surface area contributed by atoms with Gasteiger partial charge in [-0.1, -0.05) is 0 Å². The molecule has 11 nitrogen and oxygen atoms in total. The first-order valence-corrected chi connectivity index (χ1v) is 11.3. The number of hydrogen-bond acceptors (Lipinski definition) is 8. The number of carboxylic acid groups (broad SMARTS) is 1. The Morgan fingerprint density at radius 2 is 1.94 bits per heavy atom. The van der Waals surface area contributed by atoms with Gasteiger partial charge >= 0.3 is 6.09 Å². The highest BCUT2D eigenvalue weighted by molar-refractivity contribution is 5.89. The molecule has 0 radical (unpaired) electrons. The Balaban J connectivity index is 1.56. The molecule has 2 aromatic heterocycles. The molecule has 3 aromatic rings. The number of fused-ring (bicyclic) bond motifs is 3. The molecule has 3 unspecified atom stereocenters. The van der Waals surface area contributed by atoms with Crippen molar-refractivity contribution >= 4 is 28.6 Å². The van der Waals surface area contributed by atoms with E-state index in [1.165, 1.54) is 0 Å². The quantitative estimate of drug-likeness (QED) is 0.513. The molecule has 2 fully saturated rings. The molecule has 2 bridgehead atoms. The molecule has 2 aliphatic heterocycles. The first-order chi connectivity index (χ1) is 16.5. The number of nitrogens with one attached hydrogen (secondary N) is 1. The van der Waals surface area contributed by atoms with Crippen molar-refractivity contribution in [2.24, 2.45) is 0 Å². The Kier molecular flexibility index (Phi) is 6.31. The minimum absolute atomic E-state index is 0.171. The summed E-state index contributed by atoms with van der Waals surface area (Å²) in [6.07, 6.45) is 3.08. The average Bonchev–Trinajstić information content (AvgIpc) is 3.40. The van der Waals surface area contributed by atoms with E-state index in [1.54, 1.807) is 26.4 Å². The van der Waals surface area contributed by atoms with Gasteiger partial charge in [0, 0.05) is 38.6 Å². The highest BCUT2D eigenvalue weighted by Gasteiger charge is 2.35. The largest absolute Gasteiger partial charge is 0.465 e. The number of amides is 1. The van der Waals surface area contributed by atoms with Crippen molar-refractivity contribution in [2.45, 2.75) is 37.7 Å². The Morgan fingerprint density at radius 3 is 2.59 bits per heavy atom. The average molecular weight is 469 g/mol. The lowest BCUT2D eigenvalue weighted by molar-refractivity contribution is 0.0170. The van der Waals surface area contributed by atoms with Gasteiger partial charge in [-0.05, 0) is 37.1 Å². The van der Waals surface area contributed by atoms with Crippen LogP contribution in [0.3, 0.4) is 0 Å². The summed E-state index contributed by atoms with van der Waals surface area (Å²) >= 11 is 0. The third-order valence-corrected chi connectivity index (χ3v) is 6.28. The molecule has 5 rings (SSSR count). The summed E-state index contributed by atoms with van der Waals surface area (Å²) in [6.45, 7) is 2.48. The topological polar surface area (TPSA) is 124 Å². The smallest absolute Gasteiger partial charge is 0.409 e. The second-order valence-electron chi connectivity index (χ2n) is 8.62. The van der Waals surface area contributed by atoms with E-state index in [1.807, 2.05) is 23.0 Å². The van der Waals surface area contributed by atoms with Crippen LogP contribution in [0.25, 0.3) is 22.4 Å². The van der Waals surface area contributed by atoms with Gasteiger partial charge in [0.05, 0.1) is 36.9 Å². The molecule has 4 heterocycles. The summed E-state index contributed by atoms with van der Waals surface area (Å²) in [5, 5.41) is 16.8. The van der Waals surface area contributed by atoms with Gasteiger partial charge in [-0.25, -0.2) is 19.4 Å². The van der Waals surface area contributed by atoms with E-state index < -0.39 is 6.09 Å². The first-order valence-electron chi connectivity index (χ1n) is 11.3. The van der Waals surface area contributed by atoms with Crippen molar-refractivity contribution in [2.75, 3.05) is 44.1 Å². The highest BCUT2D eigenvalue weighted by Crippen LogP contribution is 2.33. The third-order valence-electron chi connectivity index (χ3n) is 6.28. The zero-order valence-electron chi connectivity index (χ0n) is 19.2. The van der Waals surface area contributed by atoms with Crippen LogP contribution in [0.15, 0.2) is 30.5 Å². The van der Waals surface area contributed by atoms with Crippen LogP contribution in [0.2, 0.25) is 0 Å². The molecule has 180 valence electrons. The molecule has 1 aromatic carbocycles. The van der Waals surface area contributed by atoms with Crippen molar-refractivity contribution in [3.05, 3.63) is 30.5 Å². The summed E-state index contributed by atoms with van der Waals surface area (Å²) in [5.41, 5.74) is 1.97. The number of rotatable bonds is 8. The van der Waals surface area contributed by atoms with Crippen molar-refractivity contribution in [1.82, 2.24) is 19.7 Å². The summed E-state index contributed by atoms with van der Waals surface area (Å²) in [7, 11) is 3.29. The molecule has 0 spiro atoms. The van der Waals surface area contributed by atoms with E-state index in [9.17, 15) is 4.79 Å². The second-order valence-corrected chi connectivity index (χ2v) is 8.62. The van der Waals surface area contributed by atoms with Crippen LogP contribution < -0.4 is 10.2 Å². The van der Waals surface area contributed by atoms with Crippen molar-refractivity contribution in [3.8, 4) is 11.4 Å². The first kappa shape index (κ1) is 22.5. The van der Waals surface area contributed by atoms with Crippen LogP contribution in [0.1, 0.15) is 12.8 Å². The molecule has 0 aliphatic carbocycles. The van der Waals surface area contributed by atoms with Gasteiger partial charge in [0.25, 0.3) is 0 Å². The fourth-order valence-electron chi connectivity index (χ4n) is 4.63. The monoisotopic (exact) mass is 468 g/mol. The maximum absolute atomic E-state index is 10.9. The summed E-state index contributed by atoms with van der Waals surface area (Å²) < 4.78 is 18.7. The predicted octanol–water partition coefficient (Wildman–Crippen LogP) is 2.61. The van der Waals surface area contributed by atoms with Gasteiger partial charge in [-0.15, -0.1) is 0 Å². The lowest BCUT2D eigenvalue weighted by Crippen LogP contribution is -2.43. The Bertz CT molecular complexity index is 1150. The molecule has 2 N–H and O–H groups in total. The number of morpholine rings is 1. The number of ether oxygens (including phenoxy) is 3. The van der Waals surface area contributed by atoms with Crippen molar-refractivity contribution < 1.29 is 24.1 Å². The molecule has 34 heavy (non-hydrogen) atoms. The lowest BCUT2D eigenvalue weighted by Gasteiger charge is -2.33. The van der Waals surface area contributed by atoms with Gasteiger partial charge in [-0.2, -0.15) is 5.10 Å². The number of anilines is 2. The fourth-order valence-corrected chi connectivity index (χ4v) is 4.63. The minimum Gasteiger partial charge on any atom is -0.465 e. The van der Waals surface area contributed by atoms with Gasteiger partial charge in [-0.3, -0.25) is 5.32 Å². The van der Waals surface area contributed by atoms with E-state index in [-0.39, 0.29) is 18.3 Å². The third kappa shape index (κ3) is 4.54. The normalized spacial score (nSPS) is 20.6. The maximum atomic E-state index is 10.9.